The average molecular weight is 1890 g/mol. The molecule has 0 radical (unpaired) electrons. The molecule has 0 aromatic heterocycles. The number of hydrogen-bond acceptors (Lipinski definition) is 18. The van der Waals surface area contributed by atoms with Gasteiger partial charge in [0.2, 0.25) is 46.6 Å². The van der Waals surface area contributed by atoms with Crippen molar-refractivity contribution in [3.05, 3.63) is 126 Å². The summed E-state index contributed by atoms with van der Waals surface area (Å²) < 4.78 is 167. The van der Waals surface area contributed by atoms with Crippen molar-refractivity contribution in [1.29, 1.82) is 0 Å². The molecule has 2 amide bonds. The van der Waals surface area contributed by atoms with Gasteiger partial charge in [0, 0.05) is 49.6 Å². The number of amides is 2. The van der Waals surface area contributed by atoms with E-state index >= 15 is 4.39 Å². The summed E-state index contributed by atoms with van der Waals surface area (Å²) in [7, 11) is -8.92. The molecule has 12 atom stereocenters. The van der Waals surface area contributed by atoms with Crippen LogP contribution in [0.1, 0.15) is 75.7 Å². The van der Waals surface area contributed by atoms with E-state index < -0.39 is 153 Å². The monoisotopic (exact) mass is 1890 g/mol. The molecule has 0 spiro atoms. The molecule has 35 heteroatoms. The fourth-order valence-electron chi connectivity index (χ4n) is 8.10. The van der Waals surface area contributed by atoms with E-state index in [4.69, 9.17) is 37.6 Å². The fraction of sp³-hybridized carbons (Fsp3) is 0.473. The van der Waals surface area contributed by atoms with E-state index in [2.05, 4.69) is 90.7 Å². The first-order chi connectivity index (χ1) is 41.6. The van der Waals surface area contributed by atoms with Gasteiger partial charge < -0.3 is 47.8 Å². The van der Waals surface area contributed by atoms with Gasteiger partial charge in [0.05, 0.1) is 50.3 Å². The zero-order chi connectivity index (χ0) is 67.5. The Hall–Kier alpha value is -2.83. The predicted octanol–water partition coefficient (Wildman–Crippen LogP) is 9.15. The third-order valence-corrected chi connectivity index (χ3v) is 16.0. The fourth-order valence-corrected chi connectivity index (χ4v) is 11.5. The number of carbonyl (C=O) groups is 5. The predicted molar refractivity (Wildman–Crippen MR) is 345 cm³/mol. The molecule has 2 fully saturated rings. The number of nitrogens with zero attached hydrogens (tertiary/aromatic N) is 2. The minimum absolute atomic E-state index is 0. The number of benzene rings is 3. The van der Waals surface area contributed by atoms with Crippen LogP contribution in [0.2, 0.25) is 0 Å². The van der Waals surface area contributed by atoms with E-state index in [1.165, 1.54) is 58.2 Å². The van der Waals surface area contributed by atoms with Crippen LogP contribution < -0.4 is 31.9 Å². The number of hydrogen-bond donors (Lipinski definition) is 4. The van der Waals surface area contributed by atoms with Gasteiger partial charge in [0.1, 0.15) is 42.0 Å². The van der Waals surface area contributed by atoms with E-state index in [1.54, 1.807) is 56.3 Å². The molecule has 4 aliphatic rings. The number of para-hydroxylation sites is 2. The standard InChI is InChI=1S/C25H33FNO8P.C18H17F5NO5P.C11H14FNO5.CH4.I3.I2/c1-16(2)33-23(30)18(4)15-36(31,35-19-9-7-6-8-10-19)32-14-20-22(29)25(5,26)24(34-20)27-12-11-17(3)13-21(27)28;1-9(2)27-18(25)10(3)24-30(26,28-11-7-5-4-6-8-11)29-17-15(22)13(20)12(19)14(21)16(17)23;1-11(12)9(17)7(5-14)18-10(11)13-3-2-6(15)4-8(13)16;;1-3-2;1-2/h6-12,16,18,20,22,24,29H,3,13-15H2,1-2,4-5H3;4-10H,1-3H3,(H,24,26);2-3,7,9-10,14,17H,4-5H2,1H3;1H4;;/q;;;;-1;/t18-,20-,22-,24-,25-,36+;10-,30+;7-,9-,10-,11-;;;/m111.../s1. The first-order valence-electron chi connectivity index (χ1n) is 26.2. The van der Waals surface area contributed by atoms with E-state index in [-0.39, 0.29) is 49.8 Å². The van der Waals surface area contributed by atoms with Gasteiger partial charge in [-0.05, 0) is 90.5 Å². The number of halogens is 12. The van der Waals surface area contributed by atoms with Crippen LogP contribution >= 0.6 is 89.8 Å². The second-order valence-corrected chi connectivity index (χ2v) is 40.2. The number of ketones is 1. The van der Waals surface area contributed by atoms with Gasteiger partial charge in [-0.1, -0.05) is 57.3 Å². The minimum atomic E-state index is -4.91. The molecule has 90 heavy (non-hydrogen) atoms. The number of nitrogens with one attached hydrogen (secondary N) is 1. The van der Waals surface area contributed by atoms with Crippen LogP contribution in [0.25, 0.3) is 0 Å². The van der Waals surface area contributed by atoms with E-state index in [0.717, 1.165) is 35.9 Å². The van der Waals surface area contributed by atoms with Gasteiger partial charge in [-0.15, -0.1) is 0 Å². The molecule has 3 aromatic carbocycles. The first-order valence-corrected chi connectivity index (χ1v) is 48.3. The average Bonchev–Trinajstić information content (AvgIpc) is 1.56. The van der Waals surface area contributed by atoms with Crippen molar-refractivity contribution in [3.8, 4) is 17.2 Å². The number of aliphatic hydroxyl groups is 3. The normalized spacial score (nSPS) is 24.7. The Bertz CT molecular complexity index is 3050. The maximum atomic E-state index is 15.5. The Morgan fingerprint density at radius 3 is 1.58 bits per heavy atom. The third-order valence-electron chi connectivity index (χ3n) is 12.4. The SMILES string of the molecule is C.C=C1C=CN([C@@H]2O[C@H](CO[P@@](=O)(C[C@@H](C)C(=O)OC(C)C)Oc3ccccc3)[C@@H](O)[C@@]2(C)F)C(=O)C1.CC(C)OC(=O)[C@@H](C)N[P@](=O)(Oc1ccccc1)Oc1c(F)c(F)c(F)c(F)c1F.C[C@@]1(F)[C@H](O)[C@@H](CO)O[C@H]1N1C=CC(=O)CC1=O.II.I[I-]I. The number of carbonyl (C=O) groups excluding carboxylic acids is 5. The molecule has 0 bridgehead atoms. The molecular weight excluding hydrogens is 1820 g/mol. The molecule has 3 aromatic rings. The number of aliphatic hydroxyl groups excluding tert-OH is 3. The molecule has 2 saturated heterocycles. The molecule has 506 valence electrons. The summed E-state index contributed by atoms with van der Waals surface area (Å²) in [4.78, 5) is 61.4. The summed E-state index contributed by atoms with van der Waals surface area (Å²) in [5.74, 6) is -17.2. The van der Waals surface area contributed by atoms with Crippen LogP contribution in [0.5, 0.6) is 17.2 Å². The van der Waals surface area contributed by atoms with Gasteiger partial charge in [-0.25, -0.2) is 31.1 Å². The summed E-state index contributed by atoms with van der Waals surface area (Å²) in [6.45, 7) is 14.0. The Morgan fingerprint density at radius 2 is 1.13 bits per heavy atom. The number of allylic oxidation sites excluding steroid dienone is 2. The first kappa shape index (κ1) is 83.3. The second kappa shape index (κ2) is 38.1. The molecular formula is C55H68F7I5N3O18P2-. The number of ether oxygens (including phenoxy) is 4. The van der Waals surface area contributed by atoms with Gasteiger partial charge >= 0.3 is 77.8 Å². The van der Waals surface area contributed by atoms with E-state index in [1.807, 2.05) is 0 Å². The molecule has 4 aliphatic heterocycles. The summed E-state index contributed by atoms with van der Waals surface area (Å²) >= 11 is 9.54. The third kappa shape index (κ3) is 23.5. The molecule has 4 N–H and O–H groups in total. The molecule has 21 nitrogen and oxygen atoms in total. The molecule has 0 aliphatic carbocycles. The zero-order valence-electron chi connectivity index (χ0n) is 48.4. The van der Waals surface area contributed by atoms with E-state index in [0.29, 0.717) is 18.8 Å². The van der Waals surface area contributed by atoms with E-state index in [9.17, 15) is 69.7 Å². The Morgan fingerprint density at radius 1 is 0.711 bits per heavy atom. The van der Waals surface area contributed by atoms with Gasteiger partial charge in [-0.3, -0.25) is 38.3 Å². The second-order valence-electron chi connectivity index (χ2n) is 20.3. The van der Waals surface area contributed by atoms with Crippen LogP contribution in [0.4, 0.5) is 30.7 Å². The summed E-state index contributed by atoms with van der Waals surface area (Å²) in [5.41, 5.74) is -3.99. The Kier molecular flexibility index (Phi) is 35.2. The summed E-state index contributed by atoms with van der Waals surface area (Å²) in [6, 6.07) is 13.9. The topological polar surface area (TPSA) is 273 Å². The number of alkyl halides is 2. The van der Waals surface area contributed by atoms with Gasteiger partial charge in [0.15, 0.2) is 29.6 Å². The van der Waals surface area contributed by atoms with Crippen LogP contribution in [0, 0.1) is 35.0 Å². The molecule has 7 rings (SSSR count). The Labute approximate surface area is 569 Å². The van der Waals surface area contributed by atoms with Crippen molar-refractivity contribution in [2.24, 2.45) is 5.92 Å². The molecule has 0 saturated carbocycles. The van der Waals surface area contributed by atoms with Crippen molar-refractivity contribution in [1.82, 2.24) is 14.9 Å². The quantitative estimate of drug-likeness (QED) is 0.0156. The van der Waals surface area contributed by atoms with Crippen molar-refractivity contribution in [2.45, 2.75) is 142 Å². The van der Waals surface area contributed by atoms with Crippen molar-refractivity contribution in [2.75, 3.05) is 19.4 Å². The van der Waals surface area contributed by atoms with Gasteiger partial charge in [0.25, 0.3) is 0 Å². The number of esters is 2. The zero-order valence-corrected chi connectivity index (χ0v) is 61.0. The van der Waals surface area contributed by atoms with Crippen molar-refractivity contribution >= 4 is 119 Å². The van der Waals surface area contributed by atoms with Crippen molar-refractivity contribution < 1.29 is 129 Å². The number of rotatable bonds is 20. The van der Waals surface area contributed by atoms with Crippen LogP contribution in [-0.4, -0.2) is 140 Å². The maximum absolute atomic E-state index is 15.5. The molecule has 4 heterocycles. The van der Waals surface area contributed by atoms with Crippen LogP contribution in [0.3, 0.4) is 0 Å². The van der Waals surface area contributed by atoms with Gasteiger partial charge in [-0.2, -0.15) is 13.9 Å². The van der Waals surface area contributed by atoms with Crippen LogP contribution in [0.15, 0.2) is 97.4 Å². The van der Waals surface area contributed by atoms with Crippen molar-refractivity contribution in [3.63, 3.8) is 0 Å². The van der Waals surface area contributed by atoms with Crippen LogP contribution in [-0.2, 0) is 56.6 Å². The Balaban J connectivity index is 0.000000461. The molecule has 0 unspecified atom stereocenters. The summed E-state index contributed by atoms with van der Waals surface area (Å²) in [6.07, 6.45) is -4.72. The summed E-state index contributed by atoms with van der Waals surface area (Å²) in [5, 5.41) is 31.3.